The first-order chi connectivity index (χ1) is 15.1. The van der Waals surface area contributed by atoms with Crippen molar-refractivity contribution in [1.82, 2.24) is 9.80 Å². The van der Waals surface area contributed by atoms with Crippen LogP contribution in [0.3, 0.4) is 0 Å². The molecule has 0 radical (unpaired) electrons. The van der Waals surface area contributed by atoms with Gasteiger partial charge in [0.1, 0.15) is 0 Å². The fourth-order valence-electron chi connectivity index (χ4n) is 5.04. The van der Waals surface area contributed by atoms with Crippen LogP contribution in [0.2, 0.25) is 0 Å². The van der Waals surface area contributed by atoms with Gasteiger partial charge in [0.2, 0.25) is 5.91 Å². The van der Waals surface area contributed by atoms with Gasteiger partial charge in [-0.3, -0.25) is 9.69 Å². The summed E-state index contributed by atoms with van der Waals surface area (Å²) >= 11 is 0. The third kappa shape index (κ3) is 4.72. The van der Waals surface area contributed by atoms with Gasteiger partial charge in [0.05, 0.1) is 20.8 Å². The zero-order valence-corrected chi connectivity index (χ0v) is 19.0. The Morgan fingerprint density at radius 2 is 1.74 bits per heavy atom. The fraction of sp³-hybridized carbons (Fsp3) is 0.500. The van der Waals surface area contributed by atoms with Crippen molar-refractivity contribution in [2.45, 2.75) is 51.6 Å². The van der Waals surface area contributed by atoms with Gasteiger partial charge in [-0.05, 0) is 73.0 Å². The number of ether oxygens (including phenoxy) is 2. The number of nitrogens with zero attached hydrogens (tertiary/aromatic N) is 2. The number of hydrogen-bond donors (Lipinski definition) is 0. The molecule has 0 saturated carbocycles. The van der Waals surface area contributed by atoms with Crippen molar-refractivity contribution < 1.29 is 14.3 Å². The first-order valence-corrected chi connectivity index (χ1v) is 11.4. The number of rotatable bonds is 7. The van der Waals surface area contributed by atoms with Gasteiger partial charge in [-0.2, -0.15) is 0 Å². The van der Waals surface area contributed by atoms with Gasteiger partial charge in [-0.25, -0.2) is 0 Å². The Morgan fingerprint density at radius 1 is 1.03 bits per heavy atom. The van der Waals surface area contributed by atoms with E-state index in [1.165, 1.54) is 16.7 Å². The third-order valence-corrected chi connectivity index (χ3v) is 6.76. The van der Waals surface area contributed by atoms with Crippen molar-refractivity contribution in [1.29, 1.82) is 0 Å². The molecule has 5 nitrogen and oxygen atoms in total. The highest BCUT2D eigenvalue weighted by molar-refractivity contribution is 5.78. The van der Waals surface area contributed by atoms with Crippen molar-refractivity contribution in [2.75, 3.05) is 33.9 Å². The lowest BCUT2D eigenvalue weighted by atomic mass is 9.87. The smallest absolute Gasteiger partial charge is 0.237 e. The van der Waals surface area contributed by atoms with Crippen LogP contribution in [0.4, 0.5) is 0 Å². The monoisotopic (exact) mass is 422 g/mol. The maximum absolute atomic E-state index is 13.3. The third-order valence-electron chi connectivity index (χ3n) is 6.76. The molecule has 2 aromatic carbocycles. The number of amides is 1. The molecule has 1 aliphatic carbocycles. The molecule has 0 fully saturated rings. The molecule has 1 aliphatic heterocycles. The highest BCUT2D eigenvalue weighted by Crippen LogP contribution is 2.33. The average Bonchev–Trinajstić information content (AvgIpc) is 2.82. The van der Waals surface area contributed by atoms with Crippen molar-refractivity contribution in [3.05, 3.63) is 58.7 Å². The van der Waals surface area contributed by atoms with Gasteiger partial charge in [-0.1, -0.05) is 31.2 Å². The lowest BCUT2D eigenvalue weighted by molar-refractivity contribution is -0.134. The summed E-state index contributed by atoms with van der Waals surface area (Å²) in [7, 11) is 3.32. The van der Waals surface area contributed by atoms with Crippen molar-refractivity contribution in [3.63, 3.8) is 0 Å². The normalized spacial score (nSPS) is 17.8. The predicted octanol–water partition coefficient (Wildman–Crippen LogP) is 3.86. The lowest BCUT2D eigenvalue weighted by Crippen LogP contribution is -2.47. The summed E-state index contributed by atoms with van der Waals surface area (Å²) in [5.74, 6) is 1.71. The molecule has 5 heteroatoms. The fourth-order valence-corrected chi connectivity index (χ4v) is 5.04. The number of benzene rings is 2. The van der Waals surface area contributed by atoms with Crippen LogP contribution >= 0.6 is 0 Å². The molecular weight excluding hydrogens is 388 g/mol. The average molecular weight is 423 g/mol. The van der Waals surface area contributed by atoms with Gasteiger partial charge >= 0.3 is 0 Å². The van der Waals surface area contributed by atoms with E-state index in [2.05, 4.69) is 42.2 Å². The molecule has 166 valence electrons. The Bertz CT molecular complexity index is 927. The minimum atomic E-state index is 0.229. The lowest BCUT2D eigenvalue weighted by Gasteiger charge is -2.37. The van der Waals surface area contributed by atoms with Gasteiger partial charge in [0.15, 0.2) is 11.5 Å². The van der Waals surface area contributed by atoms with Crippen molar-refractivity contribution in [2.24, 2.45) is 0 Å². The summed E-state index contributed by atoms with van der Waals surface area (Å²) < 4.78 is 10.9. The van der Waals surface area contributed by atoms with Crippen LogP contribution in [0.5, 0.6) is 11.5 Å². The summed E-state index contributed by atoms with van der Waals surface area (Å²) in [4.78, 5) is 17.7. The van der Waals surface area contributed by atoms with Gasteiger partial charge in [-0.15, -0.1) is 0 Å². The molecule has 1 atom stereocenters. The molecular formula is C26H34N2O3. The summed E-state index contributed by atoms with van der Waals surface area (Å²) in [6, 6.07) is 13.3. The summed E-state index contributed by atoms with van der Waals surface area (Å²) in [5.41, 5.74) is 5.32. The van der Waals surface area contributed by atoms with E-state index in [-0.39, 0.29) is 5.91 Å². The summed E-state index contributed by atoms with van der Waals surface area (Å²) in [5, 5.41) is 0. The zero-order valence-electron chi connectivity index (χ0n) is 19.0. The molecule has 4 rings (SSSR count). The van der Waals surface area contributed by atoms with Gasteiger partial charge in [0.25, 0.3) is 0 Å². The topological polar surface area (TPSA) is 42.0 Å². The molecule has 1 heterocycles. The second-order valence-corrected chi connectivity index (χ2v) is 8.68. The van der Waals surface area contributed by atoms with Crippen LogP contribution in [0.1, 0.15) is 42.0 Å². The Balaban J connectivity index is 1.44. The first kappa shape index (κ1) is 21.7. The van der Waals surface area contributed by atoms with Gasteiger partial charge in [0, 0.05) is 19.1 Å². The molecule has 31 heavy (non-hydrogen) atoms. The van der Waals surface area contributed by atoms with Crippen molar-refractivity contribution >= 4 is 5.91 Å². The van der Waals surface area contributed by atoms with E-state index >= 15 is 0 Å². The predicted molar refractivity (Wildman–Crippen MR) is 123 cm³/mol. The van der Waals surface area contributed by atoms with Crippen LogP contribution in [-0.4, -0.2) is 55.6 Å². The highest BCUT2D eigenvalue weighted by atomic mass is 16.5. The van der Waals surface area contributed by atoms with Gasteiger partial charge < -0.3 is 14.4 Å². The number of fused-ring (bicyclic) bond motifs is 2. The second-order valence-electron chi connectivity index (χ2n) is 8.68. The molecule has 0 aromatic heterocycles. The standard InChI is InChI=1S/C26H34N2O3/c1-4-12-27(23-10-9-19-7-5-6-8-20(19)14-23)18-26(29)28-13-11-21-15-24(30-2)25(31-3)16-22(21)17-28/h5-8,15-16,23H,4,9-14,17-18H2,1-3H3. The minimum absolute atomic E-state index is 0.229. The summed E-state index contributed by atoms with van der Waals surface area (Å²) in [6.07, 6.45) is 5.19. The van der Waals surface area contributed by atoms with Crippen LogP contribution in [-0.2, 0) is 30.6 Å². The Kier molecular flexibility index (Phi) is 6.81. The maximum atomic E-state index is 13.3. The maximum Gasteiger partial charge on any atom is 0.237 e. The number of carbonyl (C=O) groups is 1. The quantitative estimate of drug-likeness (QED) is 0.680. The second kappa shape index (κ2) is 9.73. The van der Waals surface area contributed by atoms with Crippen LogP contribution in [0.15, 0.2) is 36.4 Å². The number of aryl methyl sites for hydroxylation is 1. The molecule has 0 spiro atoms. The molecule has 2 aromatic rings. The van der Waals surface area contributed by atoms with Crippen molar-refractivity contribution in [3.8, 4) is 11.5 Å². The van der Waals surface area contributed by atoms with E-state index in [1.807, 2.05) is 11.0 Å². The SMILES string of the molecule is CCCN(CC(=O)N1CCc2cc(OC)c(OC)cc2C1)C1CCc2ccccc2C1. The Hall–Kier alpha value is -2.53. The van der Waals surface area contributed by atoms with E-state index in [1.54, 1.807) is 14.2 Å². The van der Waals surface area contributed by atoms with E-state index in [0.29, 0.717) is 19.1 Å². The molecule has 0 bridgehead atoms. The minimum Gasteiger partial charge on any atom is -0.493 e. The molecule has 0 N–H and O–H groups in total. The molecule has 2 aliphatic rings. The highest BCUT2D eigenvalue weighted by Gasteiger charge is 2.28. The number of methoxy groups -OCH3 is 2. The number of hydrogen-bond acceptors (Lipinski definition) is 4. The van der Waals surface area contributed by atoms with Crippen LogP contribution in [0.25, 0.3) is 0 Å². The summed E-state index contributed by atoms with van der Waals surface area (Å²) in [6.45, 7) is 5.07. The first-order valence-electron chi connectivity index (χ1n) is 11.4. The van der Waals surface area contributed by atoms with E-state index in [4.69, 9.17) is 9.47 Å². The number of carbonyl (C=O) groups excluding carboxylic acids is 1. The molecule has 1 unspecified atom stereocenters. The molecule has 1 amide bonds. The van der Waals surface area contributed by atoms with E-state index in [9.17, 15) is 4.79 Å². The van der Waals surface area contributed by atoms with E-state index in [0.717, 1.165) is 62.3 Å². The Labute approximate surface area is 185 Å². The van der Waals surface area contributed by atoms with E-state index < -0.39 is 0 Å². The van der Waals surface area contributed by atoms with Crippen LogP contribution < -0.4 is 9.47 Å². The van der Waals surface area contributed by atoms with Crippen LogP contribution in [0, 0.1) is 0 Å². The zero-order chi connectivity index (χ0) is 21.8. The Morgan fingerprint density at radius 3 is 2.45 bits per heavy atom. The molecule has 0 saturated heterocycles. The largest absolute Gasteiger partial charge is 0.493 e.